The van der Waals surface area contributed by atoms with Gasteiger partial charge < -0.3 is 4.74 Å². The predicted molar refractivity (Wildman–Crippen MR) is 113 cm³/mol. The first-order valence-corrected chi connectivity index (χ1v) is 14.8. The first-order chi connectivity index (χ1) is 10.4. The summed E-state index contributed by atoms with van der Waals surface area (Å²) in [6.07, 6.45) is 2.11. The molecule has 0 aromatic carbocycles. The Labute approximate surface area is 150 Å². The molecule has 1 nitrogen and oxygen atoms in total. The molecular formula is C20H46OSi2. The van der Waals surface area contributed by atoms with Crippen LogP contribution < -0.4 is 0 Å². The van der Waals surface area contributed by atoms with Crippen molar-refractivity contribution in [2.75, 3.05) is 12.5 Å². The molecule has 0 saturated carbocycles. The van der Waals surface area contributed by atoms with Crippen LogP contribution in [0.15, 0.2) is 0 Å². The van der Waals surface area contributed by atoms with E-state index in [0.29, 0.717) is 0 Å². The monoisotopic (exact) mass is 358 g/mol. The van der Waals surface area contributed by atoms with Crippen LogP contribution in [-0.2, 0) is 4.74 Å². The zero-order valence-electron chi connectivity index (χ0n) is 18.3. The van der Waals surface area contributed by atoms with Crippen molar-refractivity contribution in [1.82, 2.24) is 0 Å². The molecule has 0 aliphatic rings. The Morgan fingerprint density at radius 1 is 0.435 bits per heavy atom. The highest BCUT2D eigenvalue weighted by Crippen LogP contribution is 2.44. The van der Waals surface area contributed by atoms with E-state index in [9.17, 15) is 0 Å². The largest absolute Gasteiger partial charge is 0.388 e. The summed E-state index contributed by atoms with van der Waals surface area (Å²) in [4.78, 5) is 0. The minimum atomic E-state index is -1.43. The molecule has 0 radical (unpaired) electrons. The van der Waals surface area contributed by atoms with Crippen LogP contribution in [0.2, 0.25) is 33.2 Å². The van der Waals surface area contributed by atoms with Crippen molar-refractivity contribution in [2.24, 2.45) is 0 Å². The maximum absolute atomic E-state index is 6.66. The van der Waals surface area contributed by atoms with Crippen LogP contribution in [0, 0.1) is 0 Å². The lowest BCUT2D eigenvalue weighted by molar-refractivity contribution is 0.207. The molecule has 0 saturated heterocycles. The summed E-state index contributed by atoms with van der Waals surface area (Å²) in [5.74, 6) is 0. The van der Waals surface area contributed by atoms with Crippen LogP contribution >= 0.6 is 0 Å². The Morgan fingerprint density at radius 2 is 0.609 bits per heavy atom. The van der Waals surface area contributed by atoms with Gasteiger partial charge in [-0.1, -0.05) is 83.1 Å². The zero-order valence-corrected chi connectivity index (χ0v) is 20.3. The minimum Gasteiger partial charge on any atom is -0.388 e. The fraction of sp³-hybridized carbons (Fsp3) is 1.00. The summed E-state index contributed by atoms with van der Waals surface area (Å²) in [7, 11) is -2.86. The van der Waals surface area contributed by atoms with E-state index in [1.165, 1.54) is 0 Å². The van der Waals surface area contributed by atoms with Gasteiger partial charge in [0.2, 0.25) is 0 Å². The Balaban J connectivity index is 5.33. The van der Waals surface area contributed by atoms with Crippen LogP contribution in [0.3, 0.4) is 0 Å². The second kappa shape index (κ2) is 9.19. The SMILES string of the molecule is CC(C)[Si](COC[Si](C(C)C)(C(C)C)C(C)C)(C(C)C)C(C)C. The normalized spacial score (nSPS) is 14.3. The number of hydrogen-bond donors (Lipinski definition) is 0. The van der Waals surface area contributed by atoms with Crippen molar-refractivity contribution in [2.45, 2.75) is 116 Å². The summed E-state index contributed by atoms with van der Waals surface area (Å²) < 4.78 is 6.66. The van der Waals surface area contributed by atoms with Crippen LogP contribution in [0.1, 0.15) is 83.1 Å². The average Bonchev–Trinajstić information content (AvgIpc) is 2.35. The number of rotatable bonds is 10. The van der Waals surface area contributed by atoms with Crippen LogP contribution in [0.25, 0.3) is 0 Å². The molecule has 0 aromatic rings. The van der Waals surface area contributed by atoms with Crippen LogP contribution in [0.5, 0.6) is 0 Å². The van der Waals surface area contributed by atoms with Crippen molar-refractivity contribution < 1.29 is 4.74 Å². The van der Waals surface area contributed by atoms with Crippen molar-refractivity contribution >= 4 is 16.1 Å². The third-order valence-electron chi connectivity index (χ3n) is 7.15. The number of hydrogen-bond acceptors (Lipinski definition) is 1. The second-order valence-corrected chi connectivity index (χ2v) is 21.6. The Bertz CT molecular complexity index is 257. The molecule has 0 unspecified atom stereocenters. The average molecular weight is 359 g/mol. The maximum atomic E-state index is 6.66. The van der Waals surface area contributed by atoms with E-state index < -0.39 is 16.1 Å². The molecule has 0 fully saturated rings. The Kier molecular flexibility index (Phi) is 9.35. The zero-order chi connectivity index (χ0) is 18.6. The lowest BCUT2D eigenvalue weighted by atomic mass is 10.5. The van der Waals surface area contributed by atoms with Gasteiger partial charge in [-0.2, -0.15) is 0 Å². The summed E-state index contributed by atoms with van der Waals surface area (Å²) in [5.41, 5.74) is 4.73. The molecule has 0 aromatic heterocycles. The van der Waals surface area contributed by atoms with Gasteiger partial charge in [-0.05, 0) is 33.2 Å². The maximum Gasteiger partial charge on any atom is 0.0912 e. The molecule has 3 heteroatoms. The van der Waals surface area contributed by atoms with E-state index in [0.717, 1.165) is 45.7 Å². The molecule has 23 heavy (non-hydrogen) atoms. The van der Waals surface area contributed by atoms with E-state index >= 15 is 0 Å². The smallest absolute Gasteiger partial charge is 0.0912 e. The predicted octanol–water partition coefficient (Wildman–Crippen LogP) is 7.44. The summed E-state index contributed by atoms with van der Waals surface area (Å²) in [5, 5.41) is 0. The fourth-order valence-corrected chi connectivity index (χ4v) is 16.5. The van der Waals surface area contributed by atoms with Gasteiger partial charge in [-0.25, -0.2) is 0 Å². The van der Waals surface area contributed by atoms with E-state index in [-0.39, 0.29) is 0 Å². The van der Waals surface area contributed by atoms with Gasteiger partial charge in [0.25, 0.3) is 0 Å². The molecule has 0 bridgehead atoms. The van der Waals surface area contributed by atoms with Crippen LogP contribution in [0.4, 0.5) is 0 Å². The summed E-state index contributed by atoms with van der Waals surface area (Å²) in [6.45, 7) is 29.3. The molecule has 0 atom stereocenters. The first-order valence-electron chi connectivity index (χ1n) is 9.94. The minimum absolute atomic E-state index is 0.788. The van der Waals surface area contributed by atoms with Gasteiger partial charge in [0.05, 0.1) is 16.1 Å². The van der Waals surface area contributed by atoms with Gasteiger partial charge in [-0.15, -0.1) is 0 Å². The first kappa shape index (κ1) is 23.4. The molecule has 0 rings (SSSR count). The molecule has 0 amide bonds. The van der Waals surface area contributed by atoms with Gasteiger partial charge in [0.1, 0.15) is 0 Å². The highest BCUT2D eigenvalue weighted by Gasteiger charge is 2.46. The Hall–Kier alpha value is 0.394. The number of ether oxygens (including phenoxy) is 1. The topological polar surface area (TPSA) is 9.23 Å². The highest BCUT2D eigenvalue weighted by molar-refractivity contribution is 6.84. The second-order valence-electron chi connectivity index (χ2n) is 9.65. The van der Waals surface area contributed by atoms with Gasteiger partial charge >= 0.3 is 0 Å². The third kappa shape index (κ3) is 4.73. The van der Waals surface area contributed by atoms with E-state index in [4.69, 9.17) is 4.74 Å². The molecule has 0 N–H and O–H groups in total. The van der Waals surface area contributed by atoms with Crippen molar-refractivity contribution in [3.05, 3.63) is 0 Å². The lowest BCUT2D eigenvalue weighted by Crippen LogP contribution is -2.53. The molecule has 0 heterocycles. The quantitative estimate of drug-likeness (QED) is 0.369. The van der Waals surface area contributed by atoms with Crippen molar-refractivity contribution in [3.8, 4) is 0 Å². The molecule has 0 aliphatic carbocycles. The molecule has 140 valence electrons. The van der Waals surface area contributed by atoms with Crippen molar-refractivity contribution in [3.63, 3.8) is 0 Å². The van der Waals surface area contributed by atoms with E-state index in [1.54, 1.807) is 0 Å². The van der Waals surface area contributed by atoms with Gasteiger partial charge in [0, 0.05) is 12.5 Å². The highest BCUT2D eigenvalue weighted by atomic mass is 28.3. The van der Waals surface area contributed by atoms with Gasteiger partial charge in [0.15, 0.2) is 0 Å². The van der Waals surface area contributed by atoms with E-state index in [2.05, 4.69) is 83.1 Å². The standard InChI is InChI=1S/C20H46OSi2/c1-15(2)22(16(3)4,17(5)6)13-21-14-23(18(7)8,19(9)10)20(11)12/h15-20H,13-14H2,1-12H3. The molecule has 0 aliphatic heterocycles. The summed E-state index contributed by atoms with van der Waals surface area (Å²) >= 11 is 0. The third-order valence-corrected chi connectivity index (χ3v) is 21.5. The van der Waals surface area contributed by atoms with Crippen molar-refractivity contribution in [1.29, 1.82) is 0 Å². The summed E-state index contributed by atoms with van der Waals surface area (Å²) in [6, 6.07) is 0. The van der Waals surface area contributed by atoms with Crippen LogP contribution in [-0.4, -0.2) is 28.6 Å². The van der Waals surface area contributed by atoms with E-state index in [1.807, 2.05) is 0 Å². The Morgan fingerprint density at radius 3 is 0.739 bits per heavy atom. The fourth-order valence-electron chi connectivity index (χ4n) is 5.40. The molecule has 0 spiro atoms. The van der Waals surface area contributed by atoms with Gasteiger partial charge in [-0.3, -0.25) is 0 Å². The molecular weight excluding hydrogens is 312 g/mol. The lowest BCUT2D eigenvalue weighted by Gasteiger charge is -2.46.